The van der Waals surface area contributed by atoms with Gasteiger partial charge in [-0.25, -0.2) is 9.04 Å². The first-order valence-electron chi connectivity index (χ1n) is 12.4. The third-order valence-corrected chi connectivity index (χ3v) is 6.78. The number of aromatic nitrogens is 1. The zero-order valence-electron chi connectivity index (χ0n) is 21.6. The number of rotatable bonds is 9. The quantitative estimate of drug-likeness (QED) is 0.304. The fourth-order valence-corrected chi connectivity index (χ4v) is 4.71. The molecule has 0 saturated heterocycles. The Morgan fingerprint density at radius 2 is 1.84 bits per heavy atom. The smallest absolute Gasteiger partial charge is 0.359 e. The molecule has 1 aromatic heterocycles. The third-order valence-electron chi connectivity index (χ3n) is 6.78. The van der Waals surface area contributed by atoms with Gasteiger partial charge in [-0.15, -0.1) is 0 Å². The maximum Gasteiger partial charge on any atom is 0.359 e. The Labute approximate surface area is 221 Å². The van der Waals surface area contributed by atoms with Gasteiger partial charge in [-0.3, -0.25) is 9.88 Å². The zero-order valence-corrected chi connectivity index (χ0v) is 21.6. The molecule has 0 bridgehead atoms. The molecule has 0 spiro atoms. The molecule has 194 valence electrons. The lowest BCUT2D eigenvalue weighted by Crippen LogP contribution is -2.53. The van der Waals surface area contributed by atoms with Crippen LogP contribution < -0.4 is 4.74 Å². The van der Waals surface area contributed by atoms with Crippen LogP contribution in [-0.4, -0.2) is 59.3 Å². The molecule has 0 saturated carbocycles. The van der Waals surface area contributed by atoms with Crippen molar-refractivity contribution in [3.05, 3.63) is 106 Å². The fraction of sp³-hybridized carbons (Fsp3) is 0.241. The van der Waals surface area contributed by atoms with Crippen molar-refractivity contribution < 1.29 is 13.8 Å². The molecule has 3 aromatic rings. The predicted octanol–water partition coefficient (Wildman–Crippen LogP) is 4.83. The van der Waals surface area contributed by atoms with E-state index >= 15 is 0 Å². The first-order chi connectivity index (χ1) is 18.4. The second-order valence-electron chi connectivity index (χ2n) is 9.37. The molecule has 9 heteroatoms. The molecule has 1 unspecified atom stereocenters. The van der Waals surface area contributed by atoms with E-state index in [-0.39, 0.29) is 18.2 Å². The topological polar surface area (TPSA) is 85.5 Å². The van der Waals surface area contributed by atoms with E-state index < -0.39 is 4.65 Å². The Bertz CT molecular complexity index is 1470. The van der Waals surface area contributed by atoms with Gasteiger partial charge in [0.1, 0.15) is 11.6 Å². The molecule has 0 radical (unpaired) electrons. The summed E-state index contributed by atoms with van der Waals surface area (Å²) in [6.45, 7) is 2.83. The van der Waals surface area contributed by atoms with Crippen LogP contribution in [-0.2, 0) is 12.8 Å². The average Bonchev–Trinajstić information content (AvgIpc) is 3.24. The number of hydrogen-bond acceptors (Lipinski definition) is 7. The lowest BCUT2D eigenvalue weighted by molar-refractivity contribution is -0.603. The second-order valence-corrected chi connectivity index (χ2v) is 9.37. The van der Waals surface area contributed by atoms with Gasteiger partial charge < -0.3 is 9.94 Å². The molecular formula is C29H29FN6O2. The van der Waals surface area contributed by atoms with E-state index in [4.69, 9.17) is 4.74 Å². The molecule has 2 aromatic carbocycles. The van der Waals surface area contributed by atoms with Crippen molar-refractivity contribution in [3.63, 3.8) is 0 Å². The number of quaternary nitrogens is 1. The van der Waals surface area contributed by atoms with Crippen LogP contribution in [0.25, 0.3) is 5.70 Å². The first-order valence-corrected chi connectivity index (χ1v) is 12.4. The lowest BCUT2D eigenvalue weighted by Gasteiger charge is -2.42. The Hall–Kier alpha value is -4.05. The monoisotopic (exact) mass is 512 g/mol. The average molecular weight is 513 g/mol. The van der Waals surface area contributed by atoms with Crippen molar-refractivity contribution >= 4 is 23.2 Å². The van der Waals surface area contributed by atoms with Crippen molar-refractivity contribution in [1.29, 1.82) is 0 Å². The largest absolute Gasteiger partial charge is 0.613 e. The van der Waals surface area contributed by atoms with Crippen molar-refractivity contribution in [2.75, 3.05) is 27.2 Å². The lowest BCUT2D eigenvalue weighted by atomic mass is 9.95. The van der Waals surface area contributed by atoms with Gasteiger partial charge in [0.2, 0.25) is 5.84 Å². The number of methoxy groups -OCH3 is 1. The number of fused-ring (bicyclic) bond motifs is 1. The van der Waals surface area contributed by atoms with Crippen molar-refractivity contribution in [3.8, 4) is 5.75 Å². The first kappa shape index (κ1) is 25.6. The Morgan fingerprint density at radius 1 is 1.03 bits per heavy atom. The molecule has 0 fully saturated rings. The highest BCUT2D eigenvalue weighted by Gasteiger charge is 2.46. The normalized spacial score (nSPS) is 18.7. The number of aliphatic imine (C=N–C) groups is 1. The maximum absolute atomic E-state index is 14.8. The van der Waals surface area contributed by atoms with E-state index in [1.165, 1.54) is 6.07 Å². The number of hydrogen-bond donors (Lipinski definition) is 0. The zero-order chi connectivity index (χ0) is 26.7. The Balaban J connectivity index is 1.49. The van der Waals surface area contributed by atoms with E-state index in [1.807, 2.05) is 61.3 Å². The minimum atomic E-state index is -0.992. The standard InChI is InChI=1S/C29H29FN6O2/c1-20-26(18-21-9-4-5-13-25(21)30)32-29-34-33-27(19-35(2)16-14-23-11-6-7-15-31-23)36(29,37)28(20)22-10-8-12-24(17-22)38-3/h4-13,15,17H,14,16,18-19H2,1-3H3. The number of halogens is 1. The van der Waals surface area contributed by atoms with Crippen LogP contribution in [0.2, 0.25) is 0 Å². The molecule has 0 amide bonds. The van der Waals surface area contributed by atoms with Gasteiger partial charge in [-0.1, -0.05) is 40.5 Å². The molecule has 2 aliphatic rings. The molecular weight excluding hydrogens is 483 g/mol. The van der Waals surface area contributed by atoms with Gasteiger partial charge in [-0.2, -0.15) is 4.99 Å². The summed E-state index contributed by atoms with van der Waals surface area (Å²) < 4.78 is 19.0. The van der Waals surface area contributed by atoms with Gasteiger partial charge in [0, 0.05) is 42.4 Å². The summed E-state index contributed by atoms with van der Waals surface area (Å²) in [6, 6.07) is 19.7. The molecule has 8 nitrogen and oxygen atoms in total. The fourth-order valence-electron chi connectivity index (χ4n) is 4.71. The summed E-state index contributed by atoms with van der Waals surface area (Å²) in [5, 5.41) is 23.3. The summed E-state index contributed by atoms with van der Waals surface area (Å²) in [6.07, 6.45) is 2.73. The highest BCUT2D eigenvalue weighted by atomic mass is 19.1. The van der Waals surface area contributed by atoms with E-state index in [9.17, 15) is 9.60 Å². The second kappa shape index (κ2) is 10.7. The number of allylic oxidation sites excluding steroid dienone is 1. The van der Waals surface area contributed by atoms with Crippen LogP contribution in [0.3, 0.4) is 0 Å². The number of nitrogens with zero attached hydrogens (tertiary/aromatic N) is 6. The number of hydroxylamine groups is 3. The number of amidine groups is 1. The third kappa shape index (κ3) is 4.91. The predicted molar refractivity (Wildman–Crippen MR) is 147 cm³/mol. The maximum atomic E-state index is 14.8. The molecule has 0 aliphatic carbocycles. The number of guanidine groups is 1. The van der Waals surface area contributed by atoms with Gasteiger partial charge in [-0.05, 0) is 55.9 Å². The number of pyridine rings is 1. The summed E-state index contributed by atoms with van der Waals surface area (Å²) in [4.78, 5) is 11.0. The van der Waals surface area contributed by atoms with Crippen LogP contribution >= 0.6 is 0 Å². The molecule has 3 heterocycles. The minimum absolute atomic E-state index is 0.0212. The van der Waals surface area contributed by atoms with E-state index in [2.05, 4.69) is 20.2 Å². The van der Waals surface area contributed by atoms with Gasteiger partial charge in [0.15, 0.2) is 5.70 Å². The summed E-state index contributed by atoms with van der Waals surface area (Å²) in [5.41, 5.74) is 3.85. The van der Waals surface area contributed by atoms with E-state index in [0.717, 1.165) is 12.1 Å². The summed E-state index contributed by atoms with van der Waals surface area (Å²) in [5.74, 6) is 0.637. The Kier molecular flexibility index (Phi) is 7.24. The molecule has 2 aliphatic heterocycles. The van der Waals surface area contributed by atoms with Gasteiger partial charge in [0.05, 0.1) is 19.4 Å². The van der Waals surface area contributed by atoms with Crippen LogP contribution in [0, 0.1) is 11.0 Å². The number of benzene rings is 2. The molecule has 1 atom stereocenters. The van der Waals surface area contributed by atoms with Crippen molar-refractivity contribution in [1.82, 2.24) is 9.88 Å². The summed E-state index contributed by atoms with van der Waals surface area (Å²) >= 11 is 0. The van der Waals surface area contributed by atoms with Gasteiger partial charge in [0.25, 0.3) is 0 Å². The van der Waals surface area contributed by atoms with Crippen LogP contribution in [0.15, 0.2) is 93.7 Å². The molecule has 0 N–H and O–H groups in total. The highest BCUT2D eigenvalue weighted by Crippen LogP contribution is 2.39. The number of ether oxygens (including phenoxy) is 1. The van der Waals surface area contributed by atoms with Crippen molar-refractivity contribution in [2.24, 2.45) is 15.2 Å². The summed E-state index contributed by atoms with van der Waals surface area (Å²) in [7, 11) is 3.52. The van der Waals surface area contributed by atoms with Gasteiger partial charge >= 0.3 is 5.96 Å². The SMILES string of the molecule is COc1cccc(C2=C(C)C(Cc3ccccc3F)=NC3=NN=C(CN(C)CCc4ccccn4)[N+]32[O-])c1. The van der Waals surface area contributed by atoms with E-state index in [1.54, 1.807) is 31.5 Å². The van der Waals surface area contributed by atoms with Crippen molar-refractivity contribution in [2.45, 2.75) is 19.8 Å². The highest BCUT2D eigenvalue weighted by molar-refractivity contribution is 6.17. The minimum Gasteiger partial charge on any atom is -0.613 e. The van der Waals surface area contributed by atoms with Crippen LogP contribution in [0.4, 0.5) is 4.39 Å². The van der Waals surface area contributed by atoms with E-state index in [0.29, 0.717) is 52.8 Å². The molecule has 5 rings (SSSR count). The van der Waals surface area contributed by atoms with Crippen LogP contribution in [0.1, 0.15) is 23.7 Å². The Morgan fingerprint density at radius 3 is 2.61 bits per heavy atom. The number of likely N-dealkylation sites (N-methyl/N-ethyl adjacent to an activating group) is 1. The molecule has 38 heavy (non-hydrogen) atoms. The van der Waals surface area contributed by atoms with Crippen LogP contribution in [0.5, 0.6) is 5.75 Å².